The molecule has 0 aromatic carbocycles. The molecule has 1 saturated heterocycles. The van der Waals surface area contributed by atoms with Gasteiger partial charge in [-0.3, -0.25) is 4.79 Å². The Morgan fingerprint density at radius 1 is 1.22 bits per heavy atom. The third kappa shape index (κ3) is 4.94. The Balaban J connectivity index is 2.62. The third-order valence-corrected chi connectivity index (χ3v) is 4.27. The van der Waals surface area contributed by atoms with Gasteiger partial charge in [-0.1, -0.05) is 13.8 Å². The van der Waals surface area contributed by atoms with Gasteiger partial charge < -0.3 is 4.90 Å². The average molecular weight is 276 g/mol. The Kier molecular flexibility index (Phi) is 5.59. The number of carbonyl (C=O) groups is 1. The van der Waals surface area contributed by atoms with Crippen LogP contribution >= 0.6 is 0 Å². The first-order valence-electron chi connectivity index (χ1n) is 6.53. The molecule has 0 bridgehead atoms. The van der Waals surface area contributed by atoms with E-state index in [0.717, 1.165) is 32.4 Å². The number of hydrogen-bond donors (Lipinski definition) is 0. The molecule has 106 valence electrons. The van der Waals surface area contributed by atoms with Crippen molar-refractivity contribution in [1.29, 1.82) is 0 Å². The lowest BCUT2D eigenvalue weighted by Crippen LogP contribution is -2.45. The van der Waals surface area contributed by atoms with Crippen LogP contribution in [0.2, 0.25) is 0 Å². The minimum atomic E-state index is -3.31. The molecule has 0 saturated carbocycles. The van der Waals surface area contributed by atoms with Gasteiger partial charge >= 0.3 is 0 Å². The molecule has 1 aliphatic heterocycles. The summed E-state index contributed by atoms with van der Waals surface area (Å²) in [5, 5.41) is 0. The maximum Gasteiger partial charge on any atom is 0.237 e. The van der Waals surface area contributed by atoms with Crippen LogP contribution in [0, 0.1) is 5.92 Å². The number of sulfonamides is 1. The summed E-state index contributed by atoms with van der Waals surface area (Å²) in [4.78, 5) is 13.8. The SMILES string of the molecule is CC(C)CN(CC(=O)N1CCCCC1)S(C)(=O)=O. The van der Waals surface area contributed by atoms with Crippen LogP contribution in [0.25, 0.3) is 0 Å². The summed E-state index contributed by atoms with van der Waals surface area (Å²) in [5.41, 5.74) is 0. The summed E-state index contributed by atoms with van der Waals surface area (Å²) in [6.07, 6.45) is 4.37. The fraction of sp³-hybridized carbons (Fsp3) is 0.917. The molecular weight excluding hydrogens is 252 g/mol. The van der Waals surface area contributed by atoms with Gasteiger partial charge in [0.25, 0.3) is 0 Å². The van der Waals surface area contributed by atoms with Crippen molar-refractivity contribution in [3.63, 3.8) is 0 Å². The van der Waals surface area contributed by atoms with E-state index in [2.05, 4.69) is 0 Å². The van der Waals surface area contributed by atoms with Crippen LogP contribution < -0.4 is 0 Å². The topological polar surface area (TPSA) is 57.7 Å². The van der Waals surface area contributed by atoms with Gasteiger partial charge in [-0.25, -0.2) is 8.42 Å². The first-order valence-corrected chi connectivity index (χ1v) is 8.38. The third-order valence-electron chi connectivity index (χ3n) is 3.06. The molecule has 0 spiro atoms. The average Bonchev–Trinajstić information content (AvgIpc) is 2.27. The van der Waals surface area contributed by atoms with Gasteiger partial charge in [0.1, 0.15) is 0 Å². The van der Waals surface area contributed by atoms with Gasteiger partial charge in [0.15, 0.2) is 0 Å². The van der Waals surface area contributed by atoms with Crippen molar-refractivity contribution in [1.82, 2.24) is 9.21 Å². The van der Waals surface area contributed by atoms with E-state index >= 15 is 0 Å². The number of piperidine rings is 1. The lowest BCUT2D eigenvalue weighted by molar-refractivity contribution is -0.132. The second-order valence-corrected chi connectivity index (χ2v) is 7.37. The number of hydrogen-bond acceptors (Lipinski definition) is 3. The quantitative estimate of drug-likeness (QED) is 0.750. The summed E-state index contributed by atoms with van der Waals surface area (Å²) >= 11 is 0. The van der Waals surface area contributed by atoms with Crippen LogP contribution in [0.1, 0.15) is 33.1 Å². The van der Waals surface area contributed by atoms with E-state index in [9.17, 15) is 13.2 Å². The van der Waals surface area contributed by atoms with Crippen molar-refractivity contribution in [2.24, 2.45) is 5.92 Å². The molecular formula is C12H24N2O3S. The van der Waals surface area contributed by atoms with Gasteiger partial charge in [0.05, 0.1) is 12.8 Å². The zero-order chi connectivity index (χ0) is 13.8. The fourth-order valence-corrected chi connectivity index (χ4v) is 3.03. The van der Waals surface area contributed by atoms with Gasteiger partial charge in [-0.15, -0.1) is 0 Å². The zero-order valence-electron chi connectivity index (χ0n) is 11.6. The van der Waals surface area contributed by atoms with Crippen molar-refractivity contribution >= 4 is 15.9 Å². The molecule has 0 unspecified atom stereocenters. The van der Waals surface area contributed by atoms with Crippen LogP contribution in [-0.4, -0.2) is 56.0 Å². The highest BCUT2D eigenvalue weighted by molar-refractivity contribution is 7.88. The molecule has 0 aliphatic carbocycles. The molecule has 1 aliphatic rings. The van der Waals surface area contributed by atoms with E-state index < -0.39 is 10.0 Å². The molecule has 0 radical (unpaired) electrons. The predicted octanol–water partition coefficient (Wildman–Crippen LogP) is 0.917. The largest absolute Gasteiger partial charge is 0.342 e. The second kappa shape index (κ2) is 6.52. The van der Waals surface area contributed by atoms with Gasteiger partial charge in [0.2, 0.25) is 15.9 Å². The van der Waals surface area contributed by atoms with E-state index in [1.54, 1.807) is 4.90 Å². The van der Waals surface area contributed by atoms with Crippen LogP contribution in [0.15, 0.2) is 0 Å². The van der Waals surface area contributed by atoms with Crippen LogP contribution in [0.3, 0.4) is 0 Å². The van der Waals surface area contributed by atoms with Crippen molar-refractivity contribution in [2.75, 3.05) is 32.4 Å². The molecule has 0 aromatic rings. The van der Waals surface area contributed by atoms with Crippen LogP contribution in [0.5, 0.6) is 0 Å². The molecule has 6 heteroatoms. The molecule has 18 heavy (non-hydrogen) atoms. The Bertz CT molecular complexity index is 373. The van der Waals surface area contributed by atoms with Crippen molar-refractivity contribution < 1.29 is 13.2 Å². The van der Waals surface area contributed by atoms with E-state index in [-0.39, 0.29) is 18.4 Å². The Labute approximate surface area is 110 Å². The van der Waals surface area contributed by atoms with E-state index in [1.807, 2.05) is 13.8 Å². The zero-order valence-corrected chi connectivity index (χ0v) is 12.4. The van der Waals surface area contributed by atoms with Crippen molar-refractivity contribution in [2.45, 2.75) is 33.1 Å². The minimum absolute atomic E-state index is 0.0169. The summed E-state index contributed by atoms with van der Waals surface area (Å²) in [6.45, 7) is 5.80. The standard InChI is InChI=1S/C12H24N2O3S/c1-11(2)9-14(18(3,16)17)10-12(15)13-7-5-4-6-8-13/h11H,4-10H2,1-3H3. The van der Waals surface area contributed by atoms with Crippen LogP contribution in [-0.2, 0) is 14.8 Å². The summed E-state index contributed by atoms with van der Waals surface area (Å²) in [5.74, 6) is 0.148. The Hall–Kier alpha value is -0.620. The van der Waals surface area contributed by atoms with Crippen LogP contribution in [0.4, 0.5) is 0 Å². The molecule has 0 aromatic heterocycles. The first-order chi connectivity index (χ1) is 8.30. The fourth-order valence-electron chi connectivity index (χ4n) is 2.12. The molecule has 1 amide bonds. The highest BCUT2D eigenvalue weighted by Gasteiger charge is 2.24. The molecule has 1 fully saturated rings. The Morgan fingerprint density at radius 3 is 2.22 bits per heavy atom. The maximum atomic E-state index is 12.1. The highest BCUT2D eigenvalue weighted by atomic mass is 32.2. The van der Waals surface area contributed by atoms with Gasteiger partial charge in [-0.05, 0) is 25.2 Å². The van der Waals surface area contributed by atoms with Crippen molar-refractivity contribution in [3.8, 4) is 0 Å². The molecule has 5 nitrogen and oxygen atoms in total. The van der Waals surface area contributed by atoms with E-state index in [0.29, 0.717) is 6.54 Å². The normalized spacial score (nSPS) is 17.5. The minimum Gasteiger partial charge on any atom is -0.342 e. The predicted molar refractivity (Wildman–Crippen MR) is 71.7 cm³/mol. The Morgan fingerprint density at radius 2 is 1.78 bits per heavy atom. The monoisotopic (exact) mass is 276 g/mol. The van der Waals surface area contributed by atoms with E-state index in [4.69, 9.17) is 0 Å². The lowest BCUT2D eigenvalue weighted by atomic mass is 10.1. The highest BCUT2D eigenvalue weighted by Crippen LogP contribution is 2.11. The number of nitrogens with zero attached hydrogens (tertiary/aromatic N) is 2. The summed E-state index contributed by atoms with van der Waals surface area (Å²) in [7, 11) is -3.31. The van der Waals surface area contributed by atoms with Gasteiger partial charge in [-0.2, -0.15) is 4.31 Å². The molecule has 0 N–H and O–H groups in total. The summed E-state index contributed by atoms with van der Waals surface area (Å²) in [6, 6.07) is 0. The smallest absolute Gasteiger partial charge is 0.237 e. The molecule has 1 heterocycles. The van der Waals surface area contributed by atoms with Gasteiger partial charge in [0, 0.05) is 19.6 Å². The lowest BCUT2D eigenvalue weighted by Gasteiger charge is -2.29. The summed E-state index contributed by atoms with van der Waals surface area (Å²) < 4.78 is 24.6. The van der Waals surface area contributed by atoms with E-state index in [1.165, 1.54) is 10.6 Å². The molecule has 0 atom stereocenters. The first kappa shape index (κ1) is 15.4. The number of carbonyl (C=O) groups excluding carboxylic acids is 1. The number of likely N-dealkylation sites (tertiary alicyclic amines) is 1. The number of amides is 1. The molecule has 1 rings (SSSR count). The van der Waals surface area contributed by atoms with Crippen molar-refractivity contribution in [3.05, 3.63) is 0 Å². The second-order valence-electron chi connectivity index (χ2n) is 5.39. The number of rotatable bonds is 5. The maximum absolute atomic E-state index is 12.1.